The standard InChI is InChI=1S/C9H8ClN3O/c10-7-2-5-12-8(6-7)9(14)13-4-1-3-11/h2,5-6H,1,4H2,(H,13,14). The maximum atomic E-state index is 11.3. The fourth-order valence-electron chi connectivity index (χ4n) is 0.851. The minimum absolute atomic E-state index is 0.260. The van der Waals surface area contributed by atoms with Gasteiger partial charge in [0.25, 0.3) is 5.91 Å². The van der Waals surface area contributed by atoms with E-state index in [9.17, 15) is 4.79 Å². The fourth-order valence-corrected chi connectivity index (χ4v) is 1.01. The predicted octanol–water partition coefficient (Wildman–Crippen LogP) is 1.38. The number of rotatable bonds is 3. The summed E-state index contributed by atoms with van der Waals surface area (Å²) in [6.07, 6.45) is 1.74. The van der Waals surface area contributed by atoms with Gasteiger partial charge in [0.15, 0.2) is 0 Å². The smallest absolute Gasteiger partial charge is 0.269 e. The van der Waals surface area contributed by atoms with Gasteiger partial charge in [-0.3, -0.25) is 9.78 Å². The van der Waals surface area contributed by atoms with Crippen molar-refractivity contribution in [2.24, 2.45) is 0 Å². The molecular formula is C9H8ClN3O. The second kappa shape index (κ2) is 5.20. The van der Waals surface area contributed by atoms with Gasteiger partial charge >= 0.3 is 0 Å². The van der Waals surface area contributed by atoms with E-state index >= 15 is 0 Å². The highest BCUT2D eigenvalue weighted by Crippen LogP contribution is 2.07. The molecule has 0 fully saturated rings. The van der Waals surface area contributed by atoms with Crippen molar-refractivity contribution in [1.29, 1.82) is 5.26 Å². The molecule has 1 aromatic rings. The molecule has 0 saturated heterocycles. The van der Waals surface area contributed by atoms with Gasteiger partial charge in [-0.15, -0.1) is 0 Å². The summed E-state index contributed by atoms with van der Waals surface area (Å²) in [7, 11) is 0. The molecule has 1 amide bonds. The summed E-state index contributed by atoms with van der Waals surface area (Å²) in [6, 6.07) is 4.99. The van der Waals surface area contributed by atoms with Crippen LogP contribution in [0.15, 0.2) is 18.3 Å². The van der Waals surface area contributed by atoms with Crippen LogP contribution in [0.4, 0.5) is 0 Å². The van der Waals surface area contributed by atoms with Crippen molar-refractivity contribution in [3.8, 4) is 6.07 Å². The molecule has 0 radical (unpaired) electrons. The highest BCUT2D eigenvalue weighted by atomic mass is 35.5. The maximum absolute atomic E-state index is 11.3. The van der Waals surface area contributed by atoms with Crippen LogP contribution in [0.2, 0.25) is 5.02 Å². The fraction of sp³-hybridized carbons (Fsp3) is 0.222. The molecule has 4 nitrogen and oxygen atoms in total. The lowest BCUT2D eigenvalue weighted by Crippen LogP contribution is -2.24. The molecule has 0 saturated carbocycles. The van der Waals surface area contributed by atoms with Crippen molar-refractivity contribution in [3.05, 3.63) is 29.0 Å². The van der Waals surface area contributed by atoms with E-state index in [1.807, 2.05) is 6.07 Å². The van der Waals surface area contributed by atoms with Crippen LogP contribution in [-0.2, 0) is 0 Å². The van der Waals surface area contributed by atoms with E-state index < -0.39 is 0 Å². The summed E-state index contributed by atoms with van der Waals surface area (Å²) in [4.78, 5) is 15.2. The van der Waals surface area contributed by atoms with Crippen LogP contribution in [0.25, 0.3) is 0 Å². The van der Waals surface area contributed by atoms with Crippen LogP contribution in [0, 0.1) is 11.3 Å². The van der Waals surface area contributed by atoms with Crippen LogP contribution < -0.4 is 5.32 Å². The molecule has 5 heteroatoms. The zero-order chi connectivity index (χ0) is 10.4. The Morgan fingerprint density at radius 3 is 3.14 bits per heavy atom. The lowest BCUT2D eigenvalue weighted by atomic mass is 10.3. The number of nitrogens with one attached hydrogen (secondary N) is 1. The highest BCUT2D eigenvalue weighted by Gasteiger charge is 2.05. The summed E-state index contributed by atoms with van der Waals surface area (Å²) in [5.41, 5.74) is 0.260. The molecule has 0 aromatic carbocycles. The molecule has 1 rings (SSSR count). The molecule has 0 spiro atoms. The predicted molar refractivity (Wildman–Crippen MR) is 51.8 cm³/mol. The molecule has 14 heavy (non-hydrogen) atoms. The van der Waals surface area contributed by atoms with E-state index in [1.165, 1.54) is 12.3 Å². The largest absolute Gasteiger partial charge is 0.350 e. The first-order chi connectivity index (χ1) is 6.74. The van der Waals surface area contributed by atoms with Gasteiger partial charge in [-0.05, 0) is 12.1 Å². The second-order valence-corrected chi connectivity index (χ2v) is 2.96. The number of hydrogen-bond donors (Lipinski definition) is 1. The van der Waals surface area contributed by atoms with Gasteiger partial charge in [-0.25, -0.2) is 0 Å². The van der Waals surface area contributed by atoms with Crippen molar-refractivity contribution in [2.45, 2.75) is 6.42 Å². The Kier molecular flexibility index (Phi) is 3.89. The Balaban J connectivity index is 2.57. The number of nitriles is 1. The number of hydrogen-bond acceptors (Lipinski definition) is 3. The number of pyridine rings is 1. The number of nitrogens with zero attached hydrogens (tertiary/aromatic N) is 2. The van der Waals surface area contributed by atoms with Gasteiger partial charge < -0.3 is 5.32 Å². The van der Waals surface area contributed by atoms with E-state index in [0.29, 0.717) is 11.6 Å². The molecule has 0 bridgehead atoms. The van der Waals surface area contributed by atoms with Gasteiger partial charge in [0.05, 0.1) is 12.5 Å². The molecule has 0 atom stereocenters. The lowest BCUT2D eigenvalue weighted by molar-refractivity contribution is 0.0949. The average Bonchev–Trinajstić information content (AvgIpc) is 2.18. The van der Waals surface area contributed by atoms with Gasteiger partial charge in [0.1, 0.15) is 5.69 Å². The number of aromatic nitrogens is 1. The third-order valence-corrected chi connectivity index (χ3v) is 1.71. The molecule has 1 N–H and O–H groups in total. The summed E-state index contributed by atoms with van der Waals surface area (Å²) >= 11 is 5.68. The Morgan fingerprint density at radius 2 is 2.50 bits per heavy atom. The highest BCUT2D eigenvalue weighted by molar-refractivity contribution is 6.30. The average molecular weight is 210 g/mol. The van der Waals surface area contributed by atoms with E-state index in [2.05, 4.69) is 10.3 Å². The quantitative estimate of drug-likeness (QED) is 0.765. The number of amides is 1. The minimum Gasteiger partial charge on any atom is -0.350 e. The maximum Gasteiger partial charge on any atom is 0.269 e. The summed E-state index contributed by atoms with van der Waals surface area (Å²) < 4.78 is 0. The van der Waals surface area contributed by atoms with Gasteiger partial charge in [-0.1, -0.05) is 11.6 Å². The Labute approximate surface area is 86.5 Å². The van der Waals surface area contributed by atoms with Crippen molar-refractivity contribution in [3.63, 3.8) is 0 Å². The first-order valence-electron chi connectivity index (χ1n) is 4.00. The molecule has 0 aliphatic carbocycles. The van der Waals surface area contributed by atoms with Gasteiger partial charge in [0.2, 0.25) is 0 Å². The molecule has 0 aliphatic heterocycles. The zero-order valence-electron chi connectivity index (χ0n) is 7.33. The van der Waals surface area contributed by atoms with Gasteiger partial charge in [0, 0.05) is 17.8 Å². The zero-order valence-corrected chi connectivity index (χ0v) is 8.08. The van der Waals surface area contributed by atoms with Crippen LogP contribution in [0.3, 0.4) is 0 Å². The van der Waals surface area contributed by atoms with E-state index in [4.69, 9.17) is 16.9 Å². The molecule has 0 aliphatic rings. The summed E-state index contributed by atoms with van der Waals surface area (Å²) in [6.45, 7) is 0.323. The van der Waals surface area contributed by atoms with E-state index in [-0.39, 0.29) is 18.0 Å². The van der Waals surface area contributed by atoms with E-state index in [1.54, 1.807) is 6.07 Å². The second-order valence-electron chi connectivity index (χ2n) is 2.52. The molecule has 1 aromatic heterocycles. The van der Waals surface area contributed by atoms with Crippen LogP contribution >= 0.6 is 11.6 Å². The molecule has 0 unspecified atom stereocenters. The number of carbonyl (C=O) groups excluding carboxylic acids is 1. The molecule has 1 heterocycles. The van der Waals surface area contributed by atoms with Crippen molar-refractivity contribution in [2.75, 3.05) is 6.54 Å². The van der Waals surface area contributed by atoms with Crippen LogP contribution in [-0.4, -0.2) is 17.4 Å². The minimum atomic E-state index is -0.317. The SMILES string of the molecule is N#CCCNC(=O)c1cc(Cl)ccn1. The first kappa shape index (κ1) is 10.5. The summed E-state index contributed by atoms with van der Waals surface area (Å²) in [5, 5.41) is 11.3. The van der Waals surface area contributed by atoms with Gasteiger partial charge in [-0.2, -0.15) is 5.26 Å². The van der Waals surface area contributed by atoms with Crippen LogP contribution in [0.5, 0.6) is 0 Å². The Morgan fingerprint density at radius 1 is 1.71 bits per heavy atom. The van der Waals surface area contributed by atoms with E-state index in [0.717, 1.165) is 0 Å². The van der Waals surface area contributed by atoms with Crippen molar-refractivity contribution >= 4 is 17.5 Å². The third kappa shape index (κ3) is 3.04. The molecule has 72 valence electrons. The van der Waals surface area contributed by atoms with Crippen LogP contribution in [0.1, 0.15) is 16.9 Å². The summed E-state index contributed by atoms with van der Waals surface area (Å²) in [5.74, 6) is -0.317. The third-order valence-electron chi connectivity index (χ3n) is 1.48. The number of carbonyl (C=O) groups is 1. The monoisotopic (exact) mass is 209 g/mol. The topological polar surface area (TPSA) is 65.8 Å². The van der Waals surface area contributed by atoms with Crippen molar-refractivity contribution in [1.82, 2.24) is 10.3 Å². The normalized spacial score (nSPS) is 9.14. The lowest BCUT2D eigenvalue weighted by Gasteiger charge is -2.01. The first-order valence-corrected chi connectivity index (χ1v) is 4.38. The van der Waals surface area contributed by atoms with Crippen molar-refractivity contribution < 1.29 is 4.79 Å². The Hall–Kier alpha value is -1.60. The number of halogens is 1. The molecular weight excluding hydrogens is 202 g/mol. The Bertz CT molecular complexity index is 373.